The first-order chi connectivity index (χ1) is 28.2. The average molecular weight is 741 g/mol. The lowest BCUT2D eigenvalue weighted by molar-refractivity contribution is 1.32. The summed E-state index contributed by atoms with van der Waals surface area (Å²) in [7, 11) is -2.96. The van der Waals surface area contributed by atoms with E-state index in [1.807, 2.05) is 48.5 Å². The highest BCUT2D eigenvalue weighted by molar-refractivity contribution is 7.19. The molecular weight excluding hydrogens is 709 g/mol. The van der Waals surface area contributed by atoms with Crippen LogP contribution in [0.2, 0.25) is 0 Å². The van der Waals surface area contributed by atoms with Crippen molar-refractivity contribution in [3.05, 3.63) is 240 Å². The molecule has 264 valence electrons. The number of rotatable bonds is 4. The molecule has 0 saturated carbocycles. The first-order valence-corrected chi connectivity index (χ1v) is 20.3. The van der Waals surface area contributed by atoms with Gasteiger partial charge in [-0.1, -0.05) is 95.9 Å². The molecule has 0 aliphatic rings. The van der Waals surface area contributed by atoms with E-state index in [1.165, 1.54) is 20.7 Å². The summed E-state index contributed by atoms with van der Waals surface area (Å²) >= 11 is 0. The van der Waals surface area contributed by atoms with E-state index in [9.17, 15) is 0 Å². The molecule has 4 aromatic heterocycles. The molecule has 0 aliphatic carbocycles. The second-order valence-corrected chi connectivity index (χ2v) is 16.8. The maximum Gasteiger partial charge on any atom is 0.179 e. The quantitative estimate of drug-likeness (QED) is 0.122. The van der Waals surface area contributed by atoms with Crippen molar-refractivity contribution in [2.24, 2.45) is 0 Å². The van der Waals surface area contributed by atoms with Crippen molar-refractivity contribution < 1.29 is 0 Å². The lowest BCUT2D eigenvalue weighted by Crippen LogP contribution is -2.74. The van der Waals surface area contributed by atoms with E-state index in [1.54, 1.807) is 49.6 Å². The predicted molar refractivity (Wildman–Crippen MR) is 231 cm³/mol. The van der Waals surface area contributed by atoms with Crippen LogP contribution in [0.3, 0.4) is 0 Å². The highest BCUT2D eigenvalue weighted by Crippen LogP contribution is 2.14. The zero-order valence-corrected chi connectivity index (χ0v) is 31.8. The fourth-order valence-electron chi connectivity index (χ4n) is 6.53. The molecular formula is C52H32N4Si. The Bertz CT molecular complexity index is 2440. The number of benzene rings is 4. The fraction of sp³-hybridized carbons (Fsp3) is 0. The zero-order valence-electron chi connectivity index (χ0n) is 30.8. The number of aromatic nitrogens is 4. The van der Waals surface area contributed by atoms with Gasteiger partial charge in [0.1, 0.15) is 0 Å². The Hall–Kier alpha value is -8.06. The van der Waals surface area contributed by atoms with Gasteiger partial charge in [0.2, 0.25) is 0 Å². The molecule has 8 aromatic rings. The highest BCUT2D eigenvalue weighted by atomic mass is 28.3. The molecule has 0 N–H and O–H groups in total. The van der Waals surface area contributed by atoms with Crippen molar-refractivity contribution in [2.75, 3.05) is 0 Å². The Morgan fingerprint density at radius 2 is 0.368 bits per heavy atom. The number of nitrogens with zero attached hydrogens (tertiary/aromatic N) is 4. The highest BCUT2D eigenvalue weighted by Gasteiger charge is 2.41. The second kappa shape index (κ2) is 17.4. The molecule has 0 aliphatic heterocycles. The van der Waals surface area contributed by atoms with E-state index < -0.39 is 8.07 Å². The van der Waals surface area contributed by atoms with Crippen LogP contribution in [-0.2, 0) is 0 Å². The maximum absolute atomic E-state index is 4.12. The van der Waals surface area contributed by atoms with E-state index in [0.29, 0.717) is 0 Å². The van der Waals surface area contributed by atoms with Gasteiger partial charge in [0.15, 0.2) is 8.07 Å². The summed E-state index contributed by atoms with van der Waals surface area (Å²) < 4.78 is 0. The molecule has 5 heteroatoms. The molecule has 0 amide bonds. The van der Waals surface area contributed by atoms with Crippen molar-refractivity contribution in [3.8, 4) is 47.4 Å². The summed E-state index contributed by atoms with van der Waals surface area (Å²) in [6.07, 6.45) is 14.1. The standard InChI is InChI=1S/C52H32N4Si/c1(5-45-25-33-53-34-26-45)41-9-17-49(18-10-41)57(50-19-11-42(12-20-50)2-6-46-27-35-54-36-28-46,51-21-13-43(14-22-51)3-7-47-29-37-55-38-30-47)52-23-15-44(16-24-52)4-8-48-31-39-56-40-32-48/h9-40H. The fourth-order valence-corrected chi connectivity index (χ4v) is 11.2. The SMILES string of the molecule is C(#Cc1ccc([Si](c2ccc(C#Cc3ccncc3)cc2)(c2ccc(C#Cc3ccncc3)cc2)c2ccc(C#Cc3ccncc3)cc2)cc1)c1ccncc1. The van der Waals surface area contributed by atoms with E-state index in [2.05, 4.69) is 164 Å². The molecule has 0 atom stereocenters. The minimum Gasteiger partial charge on any atom is -0.265 e. The Balaban J connectivity index is 1.27. The van der Waals surface area contributed by atoms with Crippen molar-refractivity contribution in [3.63, 3.8) is 0 Å². The van der Waals surface area contributed by atoms with Gasteiger partial charge in [-0.2, -0.15) is 0 Å². The summed E-state index contributed by atoms with van der Waals surface area (Å²) in [6.45, 7) is 0. The van der Waals surface area contributed by atoms with Gasteiger partial charge in [-0.15, -0.1) is 0 Å². The van der Waals surface area contributed by atoms with Crippen LogP contribution in [0.25, 0.3) is 0 Å². The van der Waals surface area contributed by atoms with Gasteiger partial charge in [0.05, 0.1) is 0 Å². The molecule has 8 rings (SSSR count). The summed E-state index contributed by atoms with van der Waals surface area (Å²) in [6, 6.07) is 50.3. The topological polar surface area (TPSA) is 51.6 Å². The monoisotopic (exact) mass is 740 g/mol. The van der Waals surface area contributed by atoms with Gasteiger partial charge < -0.3 is 0 Å². The largest absolute Gasteiger partial charge is 0.265 e. The third-order valence-electron chi connectivity index (χ3n) is 9.40. The minimum atomic E-state index is -2.96. The van der Waals surface area contributed by atoms with Crippen LogP contribution in [0.4, 0.5) is 0 Å². The average Bonchev–Trinajstić information content (AvgIpc) is 3.29. The molecule has 4 heterocycles. The van der Waals surface area contributed by atoms with E-state index >= 15 is 0 Å². The summed E-state index contributed by atoms with van der Waals surface area (Å²) in [4.78, 5) is 16.5. The molecule has 0 saturated heterocycles. The lowest BCUT2D eigenvalue weighted by Gasteiger charge is -2.34. The Morgan fingerprint density at radius 1 is 0.211 bits per heavy atom. The van der Waals surface area contributed by atoms with Gasteiger partial charge in [-0.25, -0.2) is 0 Å². The van der Waals surface area contributed by atoms with Gasteiger partial charge in [0, 0.05) is 94.1 Å². The molecule has 0 fully saturated rings. The van der Waals surface area contributed by atoms with Crippen molar-refractivity contribution in [2.45, 2.75) is 0 Å². The third-order valence-corrected chi connectivity index (χ3v) is 14.2. The smallest absolute Gasteiger partial charge is 0.179 e. The summed E-state index contributed by atoms with van der Waals surface area (Å²) in [5, 5.41) is 4.88. The number of pyridine rings is 4. The molecule has 0 unspecified atom stereocenters. The van der Waals surface area contributed by atoms with Crippen LogP contribution in [0, 0.1) is 47.4 Å². The molecule has 0 bridgehead atoms. The zero-order chi connectivity index (χ0) is 38.5. The van der Waals surface area contributed by atoms with Crippen molar-refractivity contribution >= 4 is 28.8 Å². The van der Waals surface area contributed by atoms with Crippen LogP contribution in [-0.4, -0.2) is 28.0 Å². The van der Waals surface area contributed by atoms with Crippen LogP contribution >= 0.6 is 0 Å². The first kappa shape index (κ1) is 35.9. The molecule has 57 heavy (non-hydrogen) atoms. The van der Waals surface area contributed by atoms with Gasteiger partial charge in [0.25, 0.3) is 0 Å². The maximum atomic E-state index is 4.12. The second-order valence-electron chi connectivity index (χ2n) is 13.0. The van der Waals surface area contributed by atoms with Crippen LogP contribution in [0.15, 0.2) is 195 Å². The Kier molecular flexibility index (Phi) is 11.0. The lowest BCUT2D eigenvalue weighted by atomic mass is 10.2. The van der Waals surface area contributed by atoms with Crippen LogP contribution in [0.1, 0.15) is 44.5 Å². The normalized spacial score (nSPS) is 10.2. The summed E-state index contributed by atoms with van der Waals surface area (Å²) in [5.74, 6) is 26.5. The molecule has 0 spiro atoms. The Morgan fingerprint density at radius 3 is 0.544 bits per heavy atom. The molecule has 0 radical (unpaired) electrons. The molecule has 4 aromatic carbocycles. The third kappa shape index (κ3) is 8.68. The van der Waals surface area contributed by atoms with Gasteiger partial charge in [-0.3, -0.25) is 19.9 Å². The first-order valence-electron chi connectivity index (χ1n) is 18.3. The summed E-state index contributed by atoms with van der Waals surface area (Å²) in [5.41, 5.74) is 7.42. The number of hydrogen-bond donors (Lipinski definition) is 0. The minimum absolute atomic E-state index is 0.921. The van der Waals surface area contributed by atoms with Crippen molar-refractivity contribution in [1.82, 2.24) is 19.9 Å². The van der Waals surface area contributed by atoms with Gasteiger partial charge >= 0.3 is 0 Å². The van der Waals surface area contributed by atoms with Crippen molar-refractivity contribution in [1.29, 1.82) is 0 Å². The predicted octanol–water partition coefficient (Wildman–Crippen LogP) is 6.24. The number of hydrogen-bond acceptors (Lipinski definition) is 4. The Labute approximate surface area is 334 Å². The van der Waals surface area contributed by atoms with Crippen LogP contribution < -0.4 is 20.7 Å². The van der Waals surface area contributed by atoms with E-state index in [0.717, 1.165) is 44.5 Å². The molecule has 4 nitrogen and oxygen atoms in total. The van der Waals surface area contributed by atoms with E-state index in [-0.39, 0.29) is 0 Å². The van der Waals surface area contributed by atoms with Gasteiger partial charge in [-0.05, 0) is 118 Å². The van der Waals surface area contributed by atoms with E-state index in [4.69, 9.17) is 0 Å². The van der Waals surface area contributed by atoms with Crippen LogP contribution in [0.5, 0.6) is 0 Å².